The second-order valence-corrected chi connectivity index (χ2v) is 9.56. The van der Waals surface area contributed by atoms with Crippen LogP contribution >= 0.6 is 23.2 Å². The van der Waals surface area contributed by atoms with Gasteiger partial charge in [0.2, 0.25) is 0 Å². The van der Waals surface area contributed by atoms with Crippen LogP contribution in [0.5, 0.6) is 5.75 Å². The van der Waals surface area contributed by atoms with Crippen LogP contribution in [0.1, 0.15) is 48.0 Å². The number of aromatic nitrogens is 1. The molecule has 1 heterocycles. The topological polar surface area (TPSA) is 57.5 Å². The van der Waals surface area contributed by atoms with E-state index in [1.807, 2.05) is 63.2 Å². The van der Waals surface area contributed by atoms with Gasteiger partial charge in [0, 0.05) is 6.54 Å². The Hall–Kier alpha value is -3.02. The Balaban J connectivity index is 1.82. The molecule has 2 aromatic carbocycles. The lowest BCUT2D eigenvalue weighted by atomic mass is 10.1. The summed E-state index contributed by atoms with van der Waals surface area (Å²) in [5.74, 6) is 0.360. The van der Waals surface area contributed by atoms with E-state index in [-0.39, 0.29) is 16.6 Å². The van der Waals surface area contributed by atoms with Crippen molar-refractivity contribution in [2.24, 2.45) is 0 Å². The van der Waals surface area contributed by atoms with Crippen molar-refractivity contribution in [2.75, 3.05) is 7.11 Å². The van der Waals surface area contributed by atoms with E-state index in [2.05, 4.69) is 0 Å². The van der Waals surface area contributed by atoms with Gasteiger partial charge in [0.1, 0.15) is 16.4 Å². The summed E-state index contributed by atoms with van der Waals surface area (Å²) in [5.41, 5.74) is 2.02. The van der Waals surface area contributed by atoms with E-state index in [0.29, 0.717) is 29.2 Å². The Bertz CT molecular complexity index is 1260. The largest absolute Gasteiger partial charge is 0.497 e. The number of carbonyl (C=O) groups is 1. The summed E-state index contributed by atoms with van der Waals surface area (Å²) in [6.07, 6.45) is 4.20. The number of methoxy groups -OCH3 is 1. The van der Waals surface area contributed by atoms with Crippen molar-refractivity contribution in [3.05, 3.63) is 97.4 Å². The van der Waals surface area contributed by atoms with E-state index in [1.54, 1.807) is 29.9 Å². The van der Waals surface area contributed by atoms with Crippen LogP contribution in [0.25, 0.3) is 12.2 Å². The van der Waals surface area contributed by atoms with E-state index >= 15 is 0 Å². The fraction of sp³-hybridized carbons (Fsp3) is 0.259. The summed E-state index contributed by atoms with van der Waals surface area (Å²) < 4.78 is 12.2. The Morgan fingerprint density at radius 3 is 2.35 bits per heavy atom. The third-order valence-corrected chi connectivity index (χ3v) is 5.55. The van der Waals surface area contributed by atoms with Gasteiger partial charge in [0.15, 0.2) is 0 Å². The highest BCUT2D eigenvalue weighted by Crippen LogP contribution is 2.22. The monoisotopic (exact) mass is 499 g/mol. The highest BCUT2D eigenvalue weighted by molar-refractivity contribution is 6.35. The Kier molecular flexibility index (Phi) is 8.24. The predicted octanol–water partition coefficient (Wildman–Crippen LogP) is 6.53. The number of aryl methyl sites for hydroxylation is 1. The number of hydrogen-bond donors (Lipinski definition) is 0. The Morgan fingerprint density at radius 2 is 1.71 bits per heavy atom. The minimum absolute atomic E-state index is 0.0591. The molecule has 1 aromatic heterocycles. The molecule has 0 atom stereocenters. The third kappa shape index (κ3) is 6.75. The van der Waals surface area contributed by atoms with Gasteiger partial charge < -0.3 is 14.0 Å². The fourth-order valence-corrected chi connectivity index (χ4v) is 3.85. The Labute approximate surface area is 209 Å². The summed E-state index contributed by atoms with van der Waals surface area (Å²) in [7, 11) is 1.61. The van der Waals surface area contributed by atoms with E-state index in [0.717, 1.165) is 16.9 Å². The van der Waals surface area contributed by atoms with Gasteiger partial charge in [-0.2, -0.15) is 0 Å². The smallest absolute Gasteiger partial charge is 0.338 e. The number of hydrogen-bond acceptors (Lipinski definition) is 4. The minimum Gasteiger partial charge on any atom is -0.497 e. The van der Waals surface area contributed by atoms with Crippen LogP contribution in [-0.4, -0.2) is 23.2 Å². The van der Waals surface area contributed by atoms with Crippen molar-refractivity contribution in [1.82, 2.24) is 4.57 Å². The molecule has 3 aromatic rings. The number of nitrogens with zero attached hydrogens (tertiary/aromatic N) is 1. The zero-order valence-corrected chi connectivity index (χ0v) is 21.1. The molecule has 0 aliphatic heterocycles. The van der Waals surface area contributed by atoms with Crippen LogP contribution in [0.2, 0.25) is 10.0 Å². The van der Waals surface area contributed by atoms with Gasteiger partial charge in [0.05, 0.1) is 23.4 Å². The van der Waals surface area contributed by atoms with Crippen LogP contribution in [0.3, 0.4) is 0 Å². The number of halogens is 2. The molecule has 0 unspecified atom stereocenters. The van der Waals surface area contributed by atoms with Gasteiger partial charge >= 0.3 is 5.97 Å². The van der Waals surface area contributed by atoms with Crippen molar-refractivity contribution in [3.63, 3.8) is 0 Å². The van der Waals surface area contributed by atoms with E-state index in [1.165, 1.54) is 6.07 Å². The zero-order valence-electron chi connectivity index (χ0n) is 19.6. The van der Waals surface area contributed by atoms with E-state index in [4.69, 9.17) is 32.7 Å². The zero-order chi connectivity index (χ0) is 24.9. The van der Waals surface area contributed by atoms with Crippen molar-refractivity contribution in [1.29, 1.82) is 0 Å². The first-order valence-electron chi connectivity index (χ1n) is 10.8. The molecule has 0 N–H and O–H groups in total. The first-order chi connectivity index (χ1) is 16.1. The SMILES string of the molecule is COc1cccc(/C=C/c2c(Cl)cc(Cl)c(=O)n2CCc2ccc(C(=O)OC(C)(C)C)cc2)c1. The highest BCUT2D eigenvalue weighted by atomic mass is 35.5. The average molecular weight is 500 g/mol. The normalized spacial score (nSPS) is 11.6. The maximum absolute atomic E-state index is 12.8. The Morgan fingerprint density at radius 1 is 1.00 bits per heavy atom. The molecule has 0 radical (unpaired) electrons. The molecular formula is C27H27Cl2NO4. The summed E-state index contributed by atoms with van der Waals surface area (Å²) in [4.78, 5) is 25.0. The average Bonchev–Trinajstić information content (AvgIpc) is 2.79. The summed E-state index contributed by atoms with van der Waals surface area (Å²) in [6, 6.07) is 16.2. The fourth-order valence-electron chi connectivity index (χ4n) is 3.31. The second kappa shape index (κ2) is 10.9. The van der Waals surface area contributed by atoms with Crippen molar-refractivity contribution >= 4 is 41.3 Å². The van der Waals surface area contributed by atoms with Gasteiger partial charge in [-0.1, -0.05) is 53.5 Å². The number of carbonyl (C=O) groups excluding carboxylic acids is 1. The molecule has 0 saturated carbocycles. The van der Waals surface area contributed by atoms with Crippen LogP contribution < -0.4 is 10.3 Å². The standard InChI is InChI=1S/C27H27Cl2NO4/c1-27(2,3)34-26(32)20-11-8-18(9-12-20)14-15-30-24(22(28)17-23(29)25(30)31)13-10-19-6-5-7-21(16-19)33-4/h5-13,16-17H,14-15H2,1-4H3/b13-10+. The molecule has 3 rings (SSSR count). The van der Waals surface area contributed by atoms with Gasteiger partial charge in [-0.25, -0.2) is 4.79 Å². The molecule has 7 heteroatoms. The molecule has 0 spiro atoms. The van der Waals surface area contributed by atoms with Gasteiger partial charge in [-0.15, -0.1) is 0 Å². The number of esters is 1. The molecule has 0 saturated heterocycles. The minimum atomic E-state index is -0.558. The number of pyridine rings is 1. The molecule has 0 amide bonds. The number of ether oxygens (including phenoxy) is 2. The van der Waals surface area contributed by atoms with Crippen LogP contribution in [0.4, 0.5) is 0 Å². The predicted molar refractivity (Wildman–Crippen MR) is 138 cm³/mol. The number of rotatable bonds is 7. The van der Waals surface area contributed by atoms with E-state index < -0.39 is 5.60 Å². The quantitative estimate of drug-likeness (QED) is 0.346. The lowest BCUT2D eigenvalue weighted by molar-refractivity contribution is 0.00695. The summed E-state index contributed by atoms with van der Waals surface area (Å²) in [6.45, 7) is 5.84. The molecule has 178 valence electrons. The number of benzene rings is 2. The lowest BCUT2D eigenvalue weighted by Crippen LogP contribution is -2.24. The summed E-state index contributed by atoms with van der Waals surface area (Å²) >= 11 is 12.6. The third-order valence-electron chi connectivity index (χ3n) is 4.98. The van der Waals surface area contributed by atoms with Crippen molar-refractivity contribution in [2.45, 2.75) is 39.3 Å². The van der Waals surface area contributed by atoms with Gasteiger partial charge in [-0.3, -0.25) is 4.79 Å². The van der Waals surface area contributed by atoms with Crippen LogP contribution in [-0.2, 0) is 17.7 Å². The van der Waals surface area contributed by atoms with Crippen LogP contribution in [0, 0.1) is 0 Å². The lowest BCUT2D eigenvalue weighted by Gasteiger charge is -2.19. The molecule has 34 heavy (non-hydrogen) atoms. The maximum Gasteiger partial charge on any atom is 0.338 e. The molecule has 0 fully saturated rings. The second-order valence-electron chi connectivity index (χ2n) is 8.74. The molecule has 0 bridgehead atoms. The van der Waals surface area contributed by atoms with E-state index in [9.17, 15) is 9.59 Å². The first kappa shape index (κ1) is 25.6. The molecule has 5 nitrogen and oxygen atoms in total. The summed E-state index contributed by atoms with van der Waals surface area (Å²) in [5, 5.41) is 0.438. The van der Waals surface area contributed by atoms with Gasteiger partial charge in [0.25, 0.3) is 5.56 Å². The van der Waals surface area contributed by atoms with Gasteiger partial charge in [-0.05, 0) is 74.7 Å². The highest BCUT2D eigenvalue weighted by Gasteiger charge is 2.18. The van der Waals surface area contributed by atoms with Crippen molar-refractivity contribution < 1.29 is 14.3 Å². The molecule has 0 aliphatic rings. The van der Waals surface area contributed by atoms with Crippen LogP contribution in [0.15, 0.2) is 59.4 Å². The maximum atomic E-state index is 12.8. The van der Waals surface area contributed by atoms with Crippen molar-refractivity contribution in [3.8, 4) is 5.75 Å². The molecule has 0 aliphatic carbocycles. The molecular weight excluding hydrogens is 473 g/mol. The first-order valence-corrected chi connectivity index (χ1v) is 11.6.